The van der Waals surface area contributed by atoms with Crippen LogP contribution < -0.4 is 15.4 Å². The van der Waals surface area contributed by atoms with Gasteiger partial charge in [0, 0.05) is 12.0 Å². The van der Waals surface area contributed by atoms with E-state index in [0.29, 0.717) is 22.4 Å². The number of ether oxygens (including phenoxy) is 1. The van der Waals surface area contributed by atoms with Crippen LogP contribution in [0.3, 0.4) is 0 Å². The van der Waals surface area contributed by atoms with E-state index in [4.69, 9.17) is 4.74 Å². The maximum absolute atomic E-state index is 12.9. The Morgan fingerprint density at radius 3 is 2.06 bits per heavy atom. The number of nitrogens with one attached hydrogen (secondary N) is 2. The largest absolute Gasteiger partial charge is 0.496 e. The summed E-state index contributed by atoms with van der Waals surface area (Å²) < 4.78 is 5.26. The molecule has 0 aliphatic heterocycles. The van der Waals surface area contributed by atoms with Gasteiger partial charge in [0.05, 0.1) is 13.2 Å². The van der Waals surface area contributed by atoms with E-state index in [1.807, 2.05) is 0 Å². The number of benzene rings is 3. The van der Waals surface area contributed by atoms with Gasteiger partial charge in [-0.1, -0.05) is 66.7 Å². The number of aliphatic carboxylic acids is 1. The summed E-state index contributed by atoms with van der Waals surface area (Å²) in [5, 5.41) is 25.6. The summed E-state index contributed by atoms with van der Waals surface area (Å²) in [6.45, 7) is 0. The Morgan fingerprint density at radius 2 is 1.44 bits per heavy atom. The van der Waals surface area contributed by atoms with Gasteiger partial charge in [0.25, 0.3) is 11.8 Å². The van der Waals surface area contributed by atoms with Crippen LogP contribution in [0.5, 0.6) is 5.75 Å². The van der Waals surface area contributed by atoms with Crippen molar-refractivity contribution in [2.24, 2.45) is 0 Å². The molecule has 3 aromatic rings. The van der Waals surface area contributed by atoms with Crippen LogP contribution in [-0.4, -0.2) is 47.3 Å². The summed E-state index contributed by atoms with van der Waals surface area (Å²) in [5.41, 5.74) is 1.44. The molecule has 3 rings (SSSR count). The van der Waals surface area contributed by atoms with Crippen molar-refractivity contribution < 1.29 is 29.3 Å². The van der Waals surface area contributed by atoms with Crippen LogP contribution in [0.2, 0.25) is 0 Å². The summed E-state index contributed by atoms with van der Waals surface area (Å²) in [6, 6.07) is 21.3. The molecule has 8 heteroatoms. The average molecular weight is 463 g/mol. The van der Waals surface area contributed by atoms with E-state index in [9.17, 15) is 24.6 Å². The molecular formula is C26H26N2O6. The minimum absolute atomic E-state index is 0.0514. The number of carboxylic acids is 1. The SMILES string of the molecule is COc1ccccc1C[C@H](NC(=O)[C@H](O)[C@@H](NC(=O)c1ccccc1)c1ccccc1)C(=O)O. The van der Waals surface area contributed by atoms with Crippen molar-refractivity contribution in [1.29, 1.82) is 0 Å². The van der Waals surface area contributed by atoms with E-state index in [1.165, 1.54) is 7.11 Å². The topological polar surface area (TPSA) is 125 Å². The molecule has 0 aromatic heterocycles. The number of amides is 2. The highest BCUT2D eigenvalue weighted by molar-refractivity contribution is 5.95. The predicted octanol–water partition coefficient (Wildman–Crippen LogP) is 2.34. The van der Waals surface area contributed by atoms with Gasteiger partial charge in [-0.05, 0) is 29.3 Å². The number of hydrogen-bond donors (Lipinski definition) is 4. The van der Waals surface area contributed by atoms with Crippen molar-refractivity contribution in [2.45, 2.75) is 24.6 Å². The molecule has 0 spiro atoms. The molecule has 3 atom stereocenters. The Bertz CT molecular complexity index is 1120. The molecule has 2 amide bonds. The first-order valence-corrected chi connectivity index (χ1v) is 10.6. The quantitative estimate of drug-likeness (QED) is 0.367. The van der Waals surface area contributed by atoms with Crippen LogP contribution in [0.25, 0.3) is 0 Å². The zero-order chi connectivity index (χ0) is 24.5. The molecule has 4 N–H and O–H groups in total. The number of aliphatic hydroxyl groups excluding tert-OH is 1. The first-order chi connectivity index (χ1) is 16.4. The number of carbonyl (C=O) groups is 3. The smallest absolute Gasteiger partial charge is 0.326 e. The fourth-order valence-corrected chi connectivity index (χ4v) is 3.52. The van der Waals surface area contributed by atoms with E-state index >= 15 is 0 Å². The molecule has 34 heavy (non-hydrogen) atoms. The van der Waals surface area contributed by atoms with E-state index in [0.717, 1.165) is 0 Å². The monoisotopic (exact) mass is 462 g/mol. The molecule has 176 valence electrons. The third kappa shape index (κ3) is 6.20. The Balaban J connectivity index is 1.80. The number of carboxylic acid groups (broad SMARTS) is 1. The molecule has 0 aliphatic carbocycles. The molecule has 0 fully saturated rings. The van der Waals surface area contributed by atoms with Gasteiger partial charge < -0.3 is 25.6 Å². The van der Waals surface area contributed by atoms with Crippen molar-refractivity contribution in [1.82, 2.24) is 10.6 Å². The van der Waals surface area contributed by atoms with Gasteiger partial charge in [0.15, 0.2) is 6.10 Å². The summed E-state index contributed by atoms with van der Waals surface area (Å²) in [7, 11) is 1.47. The second-order valence-corrected chi connectivity index (χ2v) is 7.59. The molecular weight excluding hydrogens is 436 g/mol. The fraction of sp³-hybridized carbons (Fsp3) is 0.192. The zero-order valence-corrected chi connectivity index (χ0v) is 18.5. The summed E-state index contributed by atoms with van der Waals surface area (Å²) in [6.07, 6.45) is -1.79. The van der Waals surface area contributed by atoms with Crippen molar-refractivity contribution in [3.63, 3.8) is 0 Å². The van der Waals surface area contributed by atoms with Crippen molar-refractivity contribution in [3.8, 4) is 5.75 Å². The minimum atomic E-state index is -1.74. The molecule has 0 unspecified atom stereocenters. The molecule has 3 aromatic carbocycles. The van der Waals surface area contributed by atoms with Crippen LogP contribution in [0.4, 0.5) is 0 Å². The second-order valence-electron chi connectivity index (χ2n) is 7.59. The summed E-state index contributed by atoms with van der Waals surface area (Å²) >= 11 is 0. The molecule has 8 nitrogen and oxygen atoms in total. The van der Waals surface area contributed by atoms with Crippen molar-refractivity contribution in [2.75, 3.05) is 7.11 Å². The third-order valence-corrected chi connectivity index (χ3v) is 5.30. The Labute approximate surface area is 197 Å². The Hall–Kier alpha value is -4.17. The van der Waals surface area contributed by atoms with Gasteiger partial charge in [-0.3, -0.25) is 9.59 Å². The molecule has 0 saturated heterocycles. The maximum Gasteiger partial charge on any atom is 0.326 e. The van der Waals surface area contributed by atoms with Crippen molar-refractivity contribution >= 4 is 17.8 Å². The maximum atomic E-state index is 12.9. The fourth-order valence-electron chi connectivity index (χ4n) is 3.52. The highest BCUT2D eigenvalue weighted by Crippen LogP contribution is 2.21. The van der Waals surface area contributed by atoms with Crippen LogP contribution >= 0.6 is 0 Å². The number of methoxy groups -OCH3 is 1. The lowest BCUT2D eigenvalue weighted by atomic mass is 9.99. The summed E-state index contributed by atoms with van der Waals surface area (Å²) in [5.74, 6) is -2.19. The lowest BCUT2D eigenvalue weighted by molar-refractivity contribution is -0.143. The third-order valence-electron chi connectivity index (χ3n) is 5.30. The molecule has 0 saturated carbocycles. The number of aliphatic hydroxyl groups is 1. The van der Waals surface area contributed by atoms with Crippen LogP contribution in [-0.2, 0) is 16.0 Å². The van der Waals surface area contributed by atoms with Crippen LogP contribution in [0.15, 0.2) is 84.9 Å². The highest BCUT2D eigenvalue weighted by atomic mass is 16.5. The van der Waals surface area contributed by atoms with Gasteiger partial charge in [0.1, 0.15) is 11.8 Å². The van der Waals surface area contributed by atoms with Crippen molar-refractivity contribution in [3.05, 3.63) is 102 Å². The lowest BCUT2D eigenvalue weighted by Gasteiger charge is -2.25. The first kappa shape index (κ1) is 24.5. The van der Waals surface area contributed by atoms with E-state index < -0.39 is 36.0 Å². The van der Waals surface area contributed by atoms with E-state index in [1.54, 1.807) is 84.9 Å². The number of rotatable bonds is 10. The average Bonchev–Trinajstić information content (AvgIpc) is 2.87. The Morgan fingerprint density at radius 1 is 0.853 bits per heavy atom. The minimum Gasteiger partial charge on any atom is -0.496 e. The predicted molar refractivity (Wildman–Crippen MR) is 125 cm³/mol. The van der Waals surface area contributed by atoms with Gasteiger partial charge in [-0.2, -0.15) is 0 Å². The van der Waals surface area contributed by atoms with E-state index in [-0.39, 0.29) is 6.42 Å². The van der Waals surface area contributed by atoms with E-state index in [2.05, 4.69) is 10.6 Å². The van der Waals surface area contributed by atoms with Gasteiger partial charge in [-0.25, -0.2) is 4.79 Å². The number of hydrogen-bond acceptors (Lipinski definition) is 5. The number of carbonyl (C=O) groups excluding carboxylic acids is 2. The van der Waals surface area contributed by atoms with Crippen LogP contribution in [0, 0.1) is 0 Å². The molecule has 0 bridgehead atoms. The number of para-hydroxylation sites is 1. The lowest BCUT2D eigenvalue weighted by Crippen LogP contribution is -2.50. The Kier molecular flexibility index (Phi) is 8.37. The highest BCUT2D eigenvalue weighted by Gasteiger charge is 2.32. The van der Waals surface area contributed by atoms with Crippen LogP contribution in [0.1, 0.15) is 27.5 Å². The van der Waals surface area contributed by atoms with Gasteiger partial charge >= 0.3 is 5.97 Å². The standard InChI is InChI=1S/C26H26N2O6/c1-34-21-15-9-8-14-19(21)16-20(26(32)33)27-25(31)23(29)22(17-10-4-2-5-11-17)28-24(30)18-12-6-3-7-13-18/h2-15,20,22-23,29H,16H2,1H3,(H,27,31)(H,28,30)(H,32,33)/t20-,22-,23+/m0/s1. The molecule has 0 radical (unpaired) electrons. The molecule has 0 heterocycles. The second kappa shape index (κ2) is 11.6. The normalized spacial score (nSPS) is 13.2. The zero-order valence-electron chi connectivity index (χ0n) is 18.5. The first-order valence-electron chi connectivity index (χ1n) is 10.6. The molecule has 0 aliphatic rings. The van der Waals surface area contributed by atoms with Gasteiger partial charge in [0.2, 0.25) is 0 Å². The van der Waals surface area contributed by atoms with Gasteiger partial charge in [-0.15, -0.1) is 0 Å². The summed E-state index contributed by atoms with van der Waals surface area (Å²) in [4.78, 5) is 37.5.